The van der Waals surface area contributed by atoms with E-state index in [1.54, 1.807) is 26.0 Å². The first-order valence-corrected chi connectivity index (χ1v) is 7.24. The number of rotatable bonds is 4. The lowest BCUT2D eigenvalue weighted by atomic mass is 10.1. The van der Waals surface area contributed by atoms with Gasteiger partial charge in [0.05, 0.1) is 16.6 Å². The minimum absolute atomic E-state index is 0.266. The van der Waals surface area contributed by atoms with Gasteiger partial charge < -0.3 is 5.11 Å². The highest BCUT2D eigenvalue weighted by atomic mass is 32.2. The fourth-order valence-corrected chi connectivity index (χ4v) is 3.95. The average Bonchev–Trinajstić information content (AvgIpc) is 2.13. The van der Waals surface area contributed by atoms with Crippen LogP contribution in [0.25, 0.3) is 0 Å². The Morgan fingerprint density at radius 3 is 2.06 bits per heavy atom. The van der Waals surface area contributed by atoms with E-state index < -0.39 is 21.1 Å². The molecule has 0 spiro atoms. The third-order valence-corrected chi connectivity index (χ3v) is 5.32. The Balaban J connectivity index is 3.33. The summed E-state index contributed by atoms with van der Waals surface area (Å²) in [6.45, 7) is 6.81. The summed E-state index contributed by atoms with van der Waals surface area (Å²) in [4.78, 5) is 10.9. The van der Waals surface area contributed by atoms with Crippen molar-refractivity contribution in [2.45, 2.75) is 44.3 Å². The highest BCUT2D eigenvalue weighted by Gasteiger charge is 2.28. The normalized spacial score (nSPS) is 13.3. The highest BCUT2D eigenvalue weighted by Crippen LogP contribution is 2.26. The summed E-state index contributed by atoms with van der Waals surface area (Å²) in [5.41, 5.74) is 2.34. The quantitative estimate of drug-likeness (QED) is 0.910. The molecule has 18 heavy (non-hydrogen) atoms. The van der Waals surface area contributed by atoms with Crippen molar-refractivity contribution in [3.8, 4) is 0 Å². The summed E-state index contributed by atoms with van der Waals surface area (Å²) in [5.74, 6) is -1.10. The van der Waals surface area contributed by atoms with Crippen molar-refractivity contribution in [2.24, 2.45) is 0 Å². The molecule has 0 heterocycles. The van der Waals surface area contributed by atoms with Gasteiger partial charge in [0.1, 0.15) is 0 Å². The zero-order valence-electron chi connectivity index (χ0n) is 11.0. The first-order chi connectivity index (χ1) is 8.16. The first kappa shape index (κ1) is 14.7. The second-order valence-corrected chi connectivity index (χ2v) is 6.98. The monoisotopic (exact) mass is 270 g/mol. The Morgan fingerprint density at radius 1 is 1.22 bits per heavy atom. The van der Waals surface area contributed by atoms with Crippen LogP contribution < -0.4 is 0 Å². The molecule has 0 saturated heterocycles. The minimum Gasteiger partial charge on any atom is -0.481 e. The molecule has 1 aromatic rings. The topological polar surface area (TPSA) is 71.4 Å². The lowest BCUT2D eigenvalue weighted by molar-refractivity contribution is -0.136. The predicted molar refractivity (Wildman–Crippen MR) is 69.6 cm³/mol. The van der Waals surface area contributed by atoms with Gasteiger partial charge >= 0.3 is 5.97 Å². The third-order valence-electron chi connectivity index (χ3n) is 2.88. The second kappa shape index (κ2) is 5.10. The maximum Gasteiger partial charge on any atom is 0.304 e. The average molecular weight is 270 g/mol. The molecule has 1 atom stereocenters. The number of aliphatic carboxylic acids is 1. The van der Waals surface area contributed by atoms with Gasteiger partial charge in [0.15, 0.2) is 9.84 Å². The van der Waals surface area contributed by atoms with Gasteiger partial charge in [-0.25, -0.2) is 8.42 Å². The number of aryl methyl sites for hydroxylation is 3. The number of benzene rings is 1. The lowest BCUT2D eigenvalue weighted by Gasteiger charge is -2.16. The number of sulfone groups is 1. The zero-order valence-corrected chi connectivity index (χ0v) is 11.8. The Morgan fingerprint density at radius 2 is 1.67 bits per heavy atom. The van der Waals surface area contributed by atoms with Gasteiger partial charge in [0.25, 0.3) is 0 Å². The molecular weight excluding hydrogens is 252 g/mol. The van der Waals surface area contributed by atoms with Crippen LogP contribution in [0.4, 0.5) is 0 Å². The Kier molecular flexibility index (Phi) is 4.16. The summed E-state index contributed by atoms with van der Waals surface area (Å²) >= 11 is 0. The van der Waals surface area contributed by atoms with Crippen LogP contribution in [0, 0.1) is 20.8 Å². The van der Waals surface area contributed by atoms with Crippen molar-refractivity contribution in [2.75, 3.05) is 0 Å². The van der Waals surface area contributed by atoms with Crippen molar-refractivity contribution in [1.29, 1.82) is 0 Å². The molecule has 0 amide bonds. The second-order valence-electron chi connectivity index (χ2n) is 4.68. The Hall–Kier alpha value is -1.36. The van der Waals surface area contributed by atoms with Gasteiger partial charge in [-0.15, -0.1) is 0 Å². The molecule has 1 unspecified atom stereocenters. The van der Waals surface area contributed by atoms with Crippen molar-refractivity contribution in [3.63, 3.8) is 0 Å². The van der Waals surface area contributed by atoms with Crippen LogP contribution in [0.1, 0.15) is 30.0 Å². The number of carbonyl (C=O) groups is 1. The fourth-order valence-electron chi connectivity index (χ4n) is 2.17. The lowest BCUT2D eigenvalue weighted by Crippen LogP contribution is -2.23. The van der Waals surface area contributed by atoms with E-state index >= 15 is 0 Å². The van der Waals surface area contributed by atoms with E-state index in [1.807, 2.05) is 6.92 Å². The predicted octanol–water partition coefficient (Wildman–Crippen LogP) is 2.25. The molecule has 1 rings (SSSR count). The summed E-state index contributed by atoms with van der Waals surface area (Å²) in [5, 5.41) is 7.79. The van der Waals surface area contributed by atoms with Gasteiger partial charge in [0, 0.05) is 0 Å². The van der Waals surface area contributed by atoms with Crippen molar-refractivity contribution in [3.05, 3.63) is 28.8 Å². The van der Waals surface area contributed by atoms with E-state index in [0.29, 0.717) is 11.1 Å². The fraction of sp³-hybridized carbons (Fsp3) is 0.462. The molecule has 0 aliphatic rings. The molecule has 5 heteroatoms. The van der Waals surface area contributed by atoms with Gasteiger partial charge in [-0.3, -0.25) is 4.79 Å². The van der Waals surface area contributed by atoms with Gasteiger partial charge in [-0.1, -0.05) is 17.7 Å². The minimum atomic E-state index is -3.59. The van der Waals surface area contributed by atoms with E-state index in [1.165, 1.54) is 6.92 Å². The maximum atomic E-state index is 12.4. The molecule has 0 bridgehead atoms. The SMILES string of the molecule is Cc1cc(C)c(S(=O)(=O)C(C)CC(=O)O)c(C)c1. The molecule has 4 nitrogen and oxygen atoms in total. The summed E-state index contributed by atoms with van der Waals surface area (Å²) in [6, 6.07) is 3.60. The van der Waals surface area contributed by atoms with Crippen LogP contribution in [0.2, 0.25) is 0 Å². The molecule has 0 aliphatic carbocycles. The smallest absolute Gasteiger partial charge is 0.304 e. The zero-order chi connectivity index (χ0) is 14.1. The molecule has 1 N–H and O–H groups in total. The Labute approximate surface area is 108 Å². The Bertz CT molecular complexity index is 550. The van der Waals surface area contributed by atoms with E-state index in [-0.39, 0.29) is 11.3 Å². The molecule has 0 radical (unpaired) electrons. The molecular formula is C13H18O4S. The largest absolute Gasteiger partial charge is 0.481 e. The van der Waals surface area contributed by atoms with Gasteiger partial charge in [-0.2, -0.15) is 0 Å². The molecule has 0 fully saturated rings. The van der Waals surface area contributed by atoms with Gasteiger partial charge in [0.2, 0.25) is 0 Å². The van der Waals surface area contributed by atoms with Crippen LogP contribution in [0.3, 0.4) is 0 Å². The van der Waals surface area contributed by atoms with Crippen LogP contribution in [0.15, 0.2) is 17.0 Å². The van der Waals surface area contributed by atoms with Crippen LogP contribution in [-0.4, -0.2) is 24.7 Å². The van der Waals surface area contributed by atoms with Crippen LogP contribution >= 0.6 is 0 Å². The van der Waals surface area contributed by atoms with E-state index in [0.717, 1.165) is 5.56 Å². The van der Waals surface area contributed by atoms with E-state index in [4.69, 9.17) is 5.11 Å². The van der Waals surface area contributed by atoms with Gasteiger partial charge in [-0.05, 0) is 38.8 Å². The van der Waals surface area contributed by atoms with Crippen molar-refractivity contribution in [1.82, 2.24) is 0 Å². The number of hydrogen-bond donors (Lipinski definition) is 1. The summed E-state index contributed by atoms with van der Waals surface area (Å²) in [6.07, 6.45) is -0.380. The highest BCUT2D eigenvalue weighted by molar-refractivity contribution is 7.92. The van der Waals surface area contributed by atoms with Crippen molar-refractivity contribution >= 4 is 15.8 Å². The van der Waals surface area contributed by atoms with Crippen molar-refractivity contribution < 1.29 is 18.3 Å². The standard InChI is InChI=1S/C13H18O4S/c1-8-5-9(2)13(10(3)6-8)18(16,17)11(4)7-12(14)15/h5-6,11H,7H2,1-4H3,(H,14,15). The summed E-state index contributed by atoms with van der Waals surface area (Å²) < 4.78 is 24.7. The van der Waals surface area contributed by atoms with E-state index in [2.05, 4.69) is 0 Å². The van der Waals surface area contributed by atoms with Crippen LogP contribution in [-0.2, 0) is 14.6 Å². The molecule has 0 aromatic heterocycles. The third kappa shape index (κ3) is 2.90. The molecule has 0 saturated carbocycles. The number of carboxylic acids is 1. The summed E-state index contributed by atoms with van der Waals surface area (Å²) in [7, 11) is -3.59. The molecule has 1 aromatic carbocycles. The number of hydrogen-bond acceptors (Lipinski definition) is 3. The molecule has 0 aliphatic heterocycles. The molecule has 100 valence electrons. The maximum absolute atomic E-state index is 12.4. The van der Waals surface area contributed by atoms with E-state index in [9.17, 15) is 13.2 Å². The first-order valence-electron chi connectivity index (χ1n) is 5.69. The number of carboxylic acid groups (broad SMARTS) is 1. The van der Waals surface area contributed by atoms with Crippen LogP contribution in [0.5, 0.6) is 0 Å².